The van der Waals surface area contributed by atoms with Crippen LogP contribution in [0.4, 0.5) is 5.69 Å². The number of halogens is 1. The highest BCUT2D eigenvalue weighted by molar-refractivity contribution is 5.92. The fraction of sp³-hybridized carbons (Fsp3) is 0.519. The highest BCUT2D eigenvalue weighted by Gasteiger charge is 2.23. The second-order valence-corrected chi connectivity index (χ2v) is 9.39. The lowest BCUT2D eigenvalue weighted by atomic mass is 9.85. The molecule has 0 spiro atoms. The predicted molar refractivity (Wildman–Crippen MR) is 140 cm³/mol. The monoisotopic (exact) mass is 476 g/mol. The van der Waals surface area contributed by atoms with E-state index >= 15 is 0 Å². The zero-order valence-electron chi connectivity index (χ0n) is 21.0. The van der Waals surface area contributed by atoms with Gasteiger partial charge in [-0.05, 0) is 46.6 Å². The molecule has 3 N–H and O–H groups in total. The molecule has 0 saturated heterocycles. The van der Waals surface area contributed by atoms with E-state index in [2.05, 4.69) is 39.1 Å². The molecular formula is C27H41ClN2O3. The number of nitrogens with two attached hydrogens (primary N) is 1. The van der Waals surface area contributed by atoms with Crippen molar-refractivity contribution in [1.29, 1.82) is 0 Å². The van der Waals surface area contributed by atoms with Crippen molar-refractivity contribution in [3.05, 3.63) is 53.1 Å². The van der Waals surface area contributed by atoms with Crippen molar-refractivity contribution in [2.75, 3.05) is 19.5 Å². The Labute approximate surface area is 205 Å². The molecule has 0 aliphatic carbocycles. The van der Waals surface area contributed by atoms with Crippen LogP contribution in [0.2, 0.25) is 0 Å². The van der Waals surface area contributed by atoms with Gasteiger partial charge in [-0.15, -0.1) is 12.4 Å². The highest BCUT2D eigenvalue weighted by Crippen LogP contribution is 2.36. The first-order valence-corrected chi connectivity index (χ1v) is 11.6. The maximum atomic E-state index is 13.2. The number of carbonyl (C=O) groups is 1. The van der Waals surface area contributed by atoms with Gasteiger partial charge in [0.15, 0.2) is 0 Å². The number of ether oxygens (including phenoxy) is 2. The van der Waals surface area contributed by atoms with E-state index < -0.39 is 0 Å². The number of methoxy groups -OCH3 is 2. The predicted octanol–water partition coefficient (Wildman–Crippen LogP) is 6.57. The van der Waals surface area contributed by atoms with E-state index in [0.717, 1.165) is 59.6 Å². The minimum absolute atomic E-state index is 0. The minimum atomic E-state index is -0.0878. The number of unbranched alkanes of at least 4 members (excludes halogenated alkanes) is 2. The summed E-state index contributed by atoms with van der Waals surface area (Å²) >= 11 is 0. The van der Waals surface area contributed by atoms with Crippen molar-refractivity contribution in [3.8, 4) is 11.5 Å². The van der Waals surface area contributed by atoms with Crippen molar-refractivity contribution in [3.63, 3.8) is 0 Å². The average Bonchev–Trinajstić information content (AvgIpc) is 2.77. The van der Waals surface area contributed by atoms with Crippen LogP contribution in [-0.2, 0) is 16.8 Å². The Bertz CT molecular complexity index is 893. The molecule has 0 saturated carbocycles. The Hall–Kier alpha value is -2.24. The number of hydrogen-bond acceptors (Lipinski definition) is 4. The number of anilines is 1. The van der Waals surface area contributed by atoms with Gasteiger partial charge < -0.3 is 20.5 Å². The van der Waals surface area contributed by atoms with E-state index in [4.69, 9.17) is 15.2 Å². The third-order valence-corrected chi connectivity index (χ3v) is 5.87. The minimum Gasteiger partial charge on any atom is -0.497 e. The molecule has 2 aromatic rings. The van der Waals surface area contributed by atoms with E-state index in [1.807, 2.05) is 30.3 Å². The van der Waals surface area contributed by atoms with Gasteiger partial charge in [0.2, 0.25) is 5.91 Å². The van der Waals surface area contributed by atoms with Gasteiger partial charge >= 0.3 is 0 Å². The Balaban J connectivity index is 0.00000544. The first kappa shape index (κ1) is 28.8. The van der Waals surface area contributed by atoms with Gasteiger partial charge in [-0.25, -0.2) is 0 Å². The molecular weight excluding hydrogens is 436 g/mol. The van der Waals surface area contributed by atoms with Crippen LogP contribution in [0.3, 0.4) is 0 Å². The molecule has 184 valence electrons. The van der Waals surface area contributed by atoms with Gasteiger partial charge in [-0.1, -0.05) is 65.2 Å². The van der Waals surface area contributed by atoms with Gasteiger partial charge in [0.25, 0.3) is 0 Å². The van der Waals surface area contributed by atoms with Crippen LogP contribution in [0.5, 0.6) is 11.5 Å². The zero-order chi connectivity index (χ0) is 23.7. The topological polar surface area (TPSA) is 73.6 Å². The maximum absolute atomic E-state index is 13.2. The Morgan fingerprint density at radius 3 is 2.36 bits per heavy atom. The van der Waals surface area contributed by atoms with Gasteiger partial charge in [-0.2, -0.15) is 0 Å². The SMILES string of the molecule is CCCCCC(CC(=O)Nc1cc(CN)ccc1C(C)(C)C)c1ccc(OC)cc1OC.Cl. The van der Waals surface area contributed by atoms with Crippen molar-refractivity contribution in [2.24, 2.45) is 5.73 Å². The molecule has 0 aliphatic rings. The first-order valence-electron chi connectivity index (χ1n) is 11.6. The summed E-state index contributed by atoms with van der Waals surface area (Å²) in [7, 11) is 3.30. The molecule has 0 fully saturated rings. The van der Waals surface area contributed by atoms with Crippen LogP contribution < -0.4 is 20.5 Å². The van der Waals surface area contributed by atoms with Crippen molar-refractivity contribution >= 4 is 24.0 Å². The van der Waals surface area contributed by atoms with Crippen LogP contribution in [0.25, 0.3) is 0 Å². The average molecular weight is 477 g/mol. The van der Waals surface area contributed by atoms with Crippen LogP contribution in [0, 0.1) is 0 Å². The van der Waals surface area contributed by atoms with E-state index in [0.29, 0.717) is 13.0 Å². The summed E-state index contributed by atoms with van der Waals surface area (Å²) in [5, 5.41) is 3.18. The highest BCUT2D eigenvalue weighted by atomic mass is 35.5. The van der Waals surface area contributed by atoms with E-state index in [-0.39, 0.29) is 29.6 Å². The summed E-state index contributed by atoms with van der Waals surface area (Å²) in [6.45, 7) is 9.08. The molecule has 6 heteroatoms. The third-order valence-electron chi connectivity index (χ3n) is 5.87. The molecule has 1 amide bonds. The fourth-order valence-electron chi connectivity index (χ4n) is 4.06. The number of nitrogens with one attached hydrogen (secondary N) is 1. The zero-order valence-corrected chi connectivity index (χ0v) is 21.8. The van der Waals surface area contributed by atoms with Gasteiger partial charge in [0.1, 0.15) is 11.5 Å². The van der Waals surface area contributed by atoms with Crippen LogP contribution in [-0.4, -0.2) is 20.1 Å². The largest absolute Gasteiger partial charge is 0.497 e. The maximum Gasteiger partial charge on any atom is 0.224 e. The lowest BCUT2D eigenvalue weighted by Gasteiger charge is -2.25. The molecule has 1 atom stereocenters. The van der Waals surface area contributed by atoms with E-state index in [1.165, 1.54) is 0 Å². The van der Waals surface area contributed by atoms with E-state index in [9.17, 15) is 4.79 Å². The Morgan fingerprint density at radius 2 is 1.79 bits per heavy atom. The summed E-state index contributed by atoms with van der Waals surface area (Å²) in [4.78, 5) is 13.2. The summed E-state index contributed by atoms with van der Waals surface area (Å²) in [6, 6.07) is 12.0. The standard InChI is InChI=1S/C27H40N2O3.ClH/c1-7-8-9-10-20(22-13-12-21(31-5)17-25(22)32-6)16-26(30)29-24-15-19(18-28)11-14-23(24)27(2,3)4;/h11-15,17,20H,7-10,16,18,28H2,1-6H3,(H,29,30);1H. The van der Waals surface area contributed by atoms with E-state index in [1.54, 1.807) is 14.2 Å². The second kappa shape index (κ2) is 13.5. The lowest BCUT2D eigenvalue weighted by molar-refractivity contribution is -0.116. The van der Waals surface area contributed by atoms with Crippen molar-refractivity contribution in [2.45, 2.75) is 77.7 Å². The lowest BCUT2D eigenvalue weighted by Crippen LogP contribution is -2.21. The number of amides is 1. The number of benzene rings is 2. The molecule has 2 rings (SSSR count). The van der Waals surface area contributed by atoms with Crippen LogP contribution in [0.15, 0.2) is 36.4 Å². The van der Waals surface area contributed by atoms with Crippen molar-refractivity contribution in [1.82, 2.24) is 0 Å². The third kappa shape index (κ3) is 8.24. The molecule has 0 bridgehead atoms. The fourth-order valence-corrected chi connectivity index (χ4v) is 4.06. The van der Waals surface area contributed by atoms with Crippen molar-refractivity contribution < 1.29 is 14.3 Å². The summed E-state index contributed by atoms with van der Waals surface area (Å²) < 4.78 is 11.0. The number of hydrogen-bond donors (Lipinski definition) is 2. The first-order chi connectivity index (χ1) is 15.2. The van der Waals surface area contributed by atoms with Crippen LogP contribution in [0.1, 0.15) is 82.4 Å². The molecule has 0 heterocycles. The van der Waals surface area contributed by atoms with Gasteiger partial charge in [0.05, 0.1) is 14.2 Å². The van der Waals surface area contributed by atoms with Crippen LogP contribution >= 0.6 is 12.4 Å². The summed E-state index contributed by atoms with van der Waals surface area (Å²) in [5.41, 5.74) is 9.77. The quantitative estimate of drug-likeness (QED) is 0.359. The smallest absolute Gasteiger partial charge is 0.224 e. The Kier molecular flexibility index (Phi) is 11.7. The second-order valence-electron chi connectivity index (χ2n) is 9.39. The molecule has 33 heavy (non-hydrogen) atoms. The molecule has 5 nitrogen and oxygen atoms in total. The Morgan fingerprint density at radius 1 is 1.06 bits per heavy atom. The van der Waals surface area contributed by atoms with Gasteiger partial charge in [0, 0.05) is 24.7 Å². The molecule has 0 aromatic heterocycles. The van der Waals surface area contributed by atoms with Gasteiger partial charge in [-0.3, -0.25) is 4.79 Å². The summed E-state index contributed by atoms with van der Waals surface area (Å²) in [5.74, 6) is 1.58. The summed E-state index contributed by atoms with van der Waals surface area (Å²) in [6.07, 6.45) is 4.67. The normalized spacial score (nSPS) is 12.0. The number of rotatable bonds is 11. The molecule has 0 radical (unpaired) electrons. The molecule has 2 aromatic carbocycles. The number of carbonyl (C=O) groups excluding carboxylic acids is 1. The molecule has 0 aliphatic heterocycles. The molecule has 1 unspecified atom stereocenters.